The van der Waals surface area contributed by atoms with Gasteiger partial charge in [0.05, 0.1) is 11.6 Å². The van der Waals surface area contributed by atoms with Gasteiger partial charge >= 0.3 is 0 Å². The molecule has 6 nitrogen and oxygen atoms in total. The second kappa shape index (κ2) is 9.70. The summed E-state index contributed by atoms with van der Waals surface area (Å²) in [6.07, 6.45) is 1.83. The summed E-state index contributed by atoms with van der Waals surface area (Å²) in [6, 6.07) is 15.7. The topological polar surface area (TPSA) is 65.5 Å². The second-order valence-electron chi connectivity index (χ2n) is 7.52. The summed E-state index contributed by atoms with van der Waals surface area (Å²) in [6.45, 7) is 5.79. The van der Waals surface area contributed by atoms with E-state index in [2.05, 4.69) is 53.3 Å². The van der Waals surface area contributed by atoms with E-state index >= 15 is 0 Å². The molecule has 0 fully saturated rings. The average molecular weight is 445 g/mol. The Bertz CT molecular complexity index is 1050. The zero-order valence-electron chi connectivity index (χ0n) is 17.7. The van der Waals surface area contributed by atoms with E-state index in [1.165, 1.54) is 24.0 Å². The molecule has 0 bridgehead atoms. The Morgan fingerprint density at radius 1 is 1.10 bits per heavy atom. The summed E-state index contributed by atoms with van der Waals surface area (Å²) in [5.41, 5.74) is 3.25. The second-order valence-corrected chi connectivity index (χ2v) is 10.6. The van der Waals surface area contributed by atoms with Gasteiger partial charge in [0.2, 0.25) is 10.0 Å². The van der Waals surface area contributed by atoms with Crippen molar-refractivity contribution in [2.45, 2.75) is 31.3 Å². The standard InChI is InChI=1S/C22H28N4O2S2/c1-17(2)26(15-18-6-5-7-19(14-18)22-23-12-13-29-22)16-24-20-8-10-21(11-9-20)30(27,28)25(3)4/h5-14,17,24H,15-16H2,1-4H3. The van der Waals surface area contributed by atoms with Crippen molar-refractivity contribution in [3.63, 3.8) is 0 Å². The number of thiazole rings is 1. The van der Waals surface area contributed by atoms with Gasteiger partial charge in [-0.3, -0.25) is 4.90 Å². The molecular formula is C22H28N4O2S2. The van der Waals surface area contributed by atoms with Crippen LogP contribution in [0.3, 0.4) is 0 Å². The fraction of sp³-hybridized carbons (Fsp3) is 0.318. The fourth-order valence-corrected chi connectivity index (χ4v) is 4.51. The molecule has 1 N–H and O–H groups in total. The molecule has 0 amide bonds. The monoisotopic (exact) mass is 444 g/mol. The molecule has 0 saturated heterocycles. The highest BCUT2D eigenvalue weighted by molar-refractivity contribution is 7.89. The molecule has 160 valence electrons. The molecule has 0 atom stereocenters. The van der Waals surface area contributed by atoms with Gasteiger partial charge in [0.15, 0.2) is 0 Å². The fourth-order valence-electron chi connectivity index (χ4n) is 2.97. The van der Waals surface area contributed by atoms with Crippen LogP contribution < -0.4 is 5.32 Å². The van der Waals surface area contributed by atoms with Crippen LogP contribution in [-0.2, 0) is 16.6 Å². The maximum Gasteiger partial charge on any atom is 0.242 e. The van der Waals surface area contributed by atoms with Gasteiger partial charge in [-0.15, -0.1) is 11.3 Å². The van der Waals surface area contributed by atoms with E-state index in [1.54, 1.807) is 35.6 Å². The molecule has 0 saturated carbocycles. The zero-order valence-corrected chi connectivity index (χ0v) is 19.4. The van der Waals surface area contributed by atoms with Crippen molar-refractivity contribution in [1.82, 2.24) is 14.2 Å². The minimum absolute atomic E-state index is 0.290. The van der Waals surface area contributed by atoms with Crippen molar-refractivity contribution in [2.75, 3.05) is 26.1 Å². The normalized spacial score (nSPS) is 12.1. The summed E-state index contributed by atoms with van der Waals surface area (Å²) in [7, 11) is -0.344. The molecule has 0 radical (unpaired) electrons. The van der Waals surface area contributed by atoms with Gasteiger partial charge in [-0.05, 0) is 49.7 Å². The van der Waals surface area contributed by atoms with Gasteiger partial charge in [0, 0.05) is 49.5 Å². The highest BCUT2D eigenvalue weighted by Gasteiger charge is 2.17. The van der Waals surface area contributed by atoms with Crippen LogP contribution in [0.5, 0.6) is 0 Å². The Kier molecular flexibility index (Phi) is 7.25. The number of hydrogen-bond acceptors (Lipinski definition) is 6. The smallest absolute Gasteiger partial charge is 0.242 e. The molecule has 2 aromatic carbocycles. The number of sulfonamides is 1. The van der Waals surface area contributed by atoms with Gasteiger partial charge in [0.25, 0.3) is 0 Å². The average Bonchev–Trinajstić information content (AvgIpc) is 3.26. The summed E-state index contributed by atoms with van der Waals surface area (Å²) < 4.78 is 25.6. The molecule has 8 heteroatoms. The van der Waals surface area contributed by atoms with Crippen molar-refractivity contribution in [2.24, 2.45) is 0 Å². The quantitative estimate of drug-likeness (QED) is 0.497. The maximum atomic E-state index is 12.2. The Morgan fingerprint density at radius 3 is 2.43 bits per heavy atom. The SMILES string of the molecule is CC(C)N(CNc1ccc(S(=O)(=O)N(C)C)cc1)Cc1cccc(-c2nccs2)c1. The first-order chi connectivity index (χ1) is 14.3. The van der Waals surface area contributed by atoms with Crippen molar-refractivity contribution >= 4 is 27.0 Å². The molecule has 3 aromatic rings. The number of nitrogens with one attached hydrogen (secondary N) is 1. The predicted molar refractivity (Wildman–Crippen MR) is 124 cm³/mol. The van der Waals surface area contributed by atoms with E-state index in [1.807, 2.05) is 11.6 Å². The minimum atomic E-state index is -3.41. The van der Waals surface area contributed by atoms with Crippen LogP contribution in [0.25, 0.3) is 10.6 Å². The first-order valence-corrected chi connectivity index (χ1v) is 12.1. The lowest BCUT2D eigenvalue weighted by molar-refractivity contribution is 0.229. The zero-order chi connectivity index (χ0) is 21.7. The van der Waals surface area contributed by atoms with Crippen LogP contribution in [0.2, 0.25) is 0 Å². The van der Waals surface area contributed by atoms with Crippen molar-refractivity contribution in [3.05, 3.63) is 65.7 Å². The molecule has 1 aromatic heterocycles. The van der Waals surface area contributed by atoms with Gasteiger partial charge < -0.3 is 5.32 Å². The molecule has 0 aliphatic carbocycles. The van der Waals surface area contributed by atoms with E-state index in [0.29, 0.717) is 12.7 Å². The summed E-state index contributed by atoms with van der Waals surface area (Å²) >= 11 is 1.64. The number of rotatable bonds is 9. The van der Waals surface area contributed by atoms with E-state index in [-0.39, 0.29) is 4.90 Å². The van der Waals surface area contributed by atoms with Crippen LogP contribution >= 0.6 is 11.3 Å². The number of anilines is 1. The molecule has 0 aliphatic rings. The third-order valence-electron chi connectivity index (χ3n) is 4.84. The van der Waals surface area contributed by atoms with Gasteiger partial charge in [0.1, 0.15) is 5.01 Å². The maximum absolute atomic E-state index is 12.2. The van der Waals surface area contributed by atoms with E-state index in [4.69, 9.17) is 0 Å². The Balaban J connectivity index is 1.66. The number of aromatic nitrogens is 1. The molecule has 0 unspecified atom stereocenters. The lowest BCUT2D eigenvalue weighted by atomic mass is 10.1. The van der Waals surface area contributed by atoms with Crippen molar-refractivity contribution in [3.8, 4) is 10.6 Å². The molecular weight excluding hydrogens is 416 g/mol. The van der Waals surface area contributed by atoms with Crippen molar-refractivity contribution in [1.29, 1.82) is 0 Å². The lowest BCUT2D eigenvalue weighted by Crippen LogP contribution is -2.34. The van der Waals surface area contributed by atoms with E-state index in [0.717, 1.165) is 22.8 Å². The van der Waals surface area contributed by atoms with Gasteiger partial charge in [-0.25, -0.2) is 17.7 Å². The molecule has 3 rings (SSSR count). The van der Waals surface area contributed by atoms with E-state index in [9.17, 15) is 8.42 Å². The number of hydrogen-bond donors (Lipinski definition) is 1. The van der Waals surface area contributed by atoms with Crippen molar-refractivity contribution < 1.29 is 8.42 Å². The first-order valence-electron chi connectivity index (χ1n) is 9.76. The number of benzene rings is 2. The van der Waals surface area contributed by atoms with Crippen LogP contribution in [0.4, 0.5) is 5.69 Å². The largest absolute Gasteiger partial charge is 0.372 e. The summed E-state index contributed by atoms with van der Waals surface area (Å²) in [5, 5.41) is 6.42. The predicted octanol–water partition coefficient (Wildman–Crippen LogP) is 4.34. The Labute approximate surface area is 183 Å². The van der Waals surface area contributed by atoms with E-state index < -0.39 is 10.0 Å². The van der Waals surface area contributed by atoms with Crippen LogP contribution in [0.15, 0.2) is 65.0 Å². The lowest BCUT2D eigenvalue weighted by Gasteiger charge is -2.27. The van der Waals surface area contributed by atoms with Gasteiger partial charge in [-0.1, -0.05) is 18.2 Å². The molecule has 0 spiro atoms. The summed E-state index contributed by atoms with van der Waals surface area (Å²) in [5.74, 6) is 0. The molecule has 0 aliphatic heterocycles. The third-order valence-corrected chi connectivity index (χ3v) is 7.49. The highest BCUT2D eigenvalue weighted by atomic mass is 32.2. The summed E-state index contributed by atoms with van der Waals surface area (Å²) in [4.78, 5) is 7.01. The molecule has 1 heterocycles. The van der Waals surface area contributed by atoms with Gasteiger partial charge in [-0.2, -0.15) is 0 Å². The minimum Gasteiger partial charge on any atom is -0.372 e. The Morgan fingerprint density at radius 2 is 1.83 bits per heavy atom. The highest BCUT2D eigenvalue weighted by Crippen LogP contribution is 2.23. The van der Waals surface area contributed by atoms with Crippen LogP contribution in [0.1, 0.15) is 19.4 Å². The number of nitrogens with zero attached hydrogens (tertiary/aromatic N) is 3. The van der Waals surface area contributed by atoms with Crippen LogP contribution in [-0.4, -0.2) is 49.4 Å². The molecule has 30 heavy (non-hydrogen) atoms. The Hall–Kier alpha value is -2.26. The van der Waals surface area contributed by atoms with Crippen LogP contribution in [0, 0.1) is 0 Å². The third kappa shape index (κ3) is 5.46. The first kappa shape index (κ1) is 22.4.